The van der Waals surface area contributed by atoms with Crippen LogP contribution in [0.2, 0.25) is 0 Å². The van der Waals surface area contributed by atoms with Crippen LogP contribution in [0.1, 0.15) is 0 Å². The zero-order valence-corrected chi connectivity index (χ0v) is 4.42. The molecule has 0 radical (unpaired) electrons. The Hall–Kier alpha value is 1.00. The van der Waals surface area contributed by atoms with Crippen molar-refractivity contribution in [1.29, 1.82) is 0 Å². The van der Waals surface area contributed by atoms with E-state index in [4.69, 9.17) is 15.1 Å². The summed E-state index contributed by atoms with van der Waals surface area (Å²) in [6.07, 6.45) is 0. The van der Waals surface area contributed by atoms with Crippen LogP contribution in [-0.4, -0.2) is 87.5 Å². The molecule has 0 unspecified atom stereocenters. The quantitative estimate of drug-likeness (QED) is 0.320. The standard InChI is InChI=1S/BH3O3.Ca.5H2O.2H/c2-1(3)4;;;;;;;;/h2-4H;;5*1H2;;. The van der Waals surface area contributed by atoms with Gasteiger partial charge in [-0.15, -0.1) is 0 Å². The van der Waals surface area contributed by atoms with Gasteiger partial charge in [0.25, 0.3) is 0 Å². The number of rotatable bonds is 0. The van der Waals surface area contributed by atoms with Crippen molar-refractivity contribution in [2.45, 2.75) is 0 Å². The fraction of sp³-hybridized carbons (Fsp3) is 0. The van der Waals surface area contributed by atoms with Crippen LogP contribution >= 0.6 is 0 Å². The van der Waals surface area contributed by atoms with E-state index in [1.165, 1.54) is 0 Å². The molecule has 0 aromatic heterocycles. The van der Waals surface area contributed by atoms with Gasteiger partial charge in [-0.3, -0.25) is 0 Å². The topological polar surface area (TPSA) is 218 Å². The Labute approximate surface area is 87.2 Å². The zero-order chi connectivity index (χ0) is 3.58. The van der Waals surface area contributed by atoms with E-state index in [0.717, 1.165) is 0 Å². The molecule has 0 amide bonds. The van der Waals surface area contributed by atoms with Crippen molar-refractivity contribution in [2.75, 3.05) is 0 Å². The molecule has 8 nitrogen and oxygen atoms in total. The molecular weight excluding hydrogens is 179 g/mol. The Bertz CT molecular complexity index is 14.0. The van der Waals surface area contributed by atoms with E-state index in [0.29, 0.717) is 0 Å². The fourth-order valence-corrected chi connectivity index (χ4v) is 0. The molecule has 10 heteroatoms. The molecule has 0 fully saturated rings. The van der Waals surface area contributed by atoms with Crippen LogP contribution in [0.3, 0.4) is 0 Å². The van der Waals surface area contributed by atoms with Crippen LogP contribution < -0.4 is 0 Å². The molecule has 0 aliphatic heterocycles. The molecule has 0 aliphatic carbocycles. The molecule has 0 aromatic rings. The second kappa shape index (κ2) is 50.6. The second-order valence-electron chi connectivity index (χ2n) is 0.346. The van der Waals surface area contributed by atoms with Crippen LogP contribution in [0.4, 0.5) is 0 Å². The Balaban J connectivity index is -0.00000000300. The summed E-state index contributed by atoms with van der Waals surface area (Å²) in [4.78, 5) is 0. The van der Waals surface area contributed by atoms with Crippen molar-refractivity contribution in [3.8, 4) is 0 Å². The third-order valence-corrected chi connectivity index (χ3v) is 0. The molecule has 0 rings (SSSR count). The predicted molar refractivity (Wildman–Crippen MR) is 39.0 cm³/mol. The summed E-state index contributed by atoms with van der Waals surface area (Å²) in [7, 11) is -2.17. The van der Waals surface area contributed by atoms with Gasteiger partial charge >= 0.3 is 45.1 Å². The molecular formula is H15BCaO8. The van der Waals surface area contributed by atoms with Crippen LogP contribution in [0.5, 0.6) is 0 Å². The fourth-order valence-electron chi connectivity index (χ4n) is 0. The van der Waals surface area contributed by atoms with Crippen molar-refractivity contribution in [3.05, 3.63) is 0 Å². The first kappa shape index (κ1) is 68.7. The first-order chi connectivity index (χ1) is 1.73. The van der Waals surface area contributed by atoms with Crippen molar-refractivity contribution < 1.29 is 42.5 Å². The second-order valence-corrected chi connectivity index (χ2v) is 0.346. The third-order valence-electron chi connectivity index (χ3n) is 0. The van der Waals surface area contributed by atoms with E-state index in [1.807, 2.05) is 0 Å². The molecule has 0 aliphatic rings. The molecule has 10 heavy (non-hydrogen) atoms. The minimum atomic E-state index is -2.17. The maximum atomic E-state index is 7.17. The molecule has 0 saturated heterocycles. The Morgan fingerprint density at radius 3 is 0.600 bits per heavy atom. The molecule has 0 saturated carbocycles. The van der Waals surface area contributed by atoms with E-state index in [2.05, 4.69) is 0 Å². The summed E-state index contributed by atoms with van der Waals surface area (Å²) in [5, 5.41) is 21.5. The Kier molecular flexibility index (Phi) is 347. The summed E-state index contributed by atoms with van der Waals surface area (Å²) >= 11 is 0. The third kappa shape index (κ3) is 572. The normalized spacial score (nSPS) is 2.70. The van der Waals surface area contributed by atoms with Gasteiger partial charge in [0.15, 0.2) is 0 Å². The Morgan fingerprint density at radius 2 is 0.600 bits per heavy atom. The summed E-state index contributed by atoms with van der Waals surface area (Å²) in [5.41, 5.74) is 0. The van der Waals surface area contributed by atoms with Crippen molar-refractivity contribution in [1.82, 2.24) is 0 Å². The van der Waals surface area contributed by atoms with Gasteiger partial charge in [-0.2, -0.15) is 0 Å². The van der Waals surface area contributed by atoms with Crippen LogP contribution in [-0.2, 0) is 0 Å². The van der Waals surface area contributed by atoms with Gasteiger partial charge in [-0.25, -0.2) is 0 Å². The predicted octanol–water partition coefficient (Wildman–Crippen LogP) is -7.09. The average molecular weight is 194 g/mol. The Morgan fingerprint density at radius 1 is 0.600 bits per heavy atom. The average Bonchev–Trinajstić information content (AvgIpc) is 0.811. The van der Waals surface area contributed by atoms with E-state index >= 15 is 0 Å². The number of hydrogen-bond donors (Lipinski definition) is 3. The summed E-state index contributed by atoms with van der Waals surface area (Å²) < 4.78 is 0. The first-order valence-electron chi connectivity index (χ1n) is 0.775. The van der Waals surface area contributed by atoms with Gasteiger partial charge in [0.2, 0.25) is 0 Å². The number of hydrogen-bond acceptors (Lipinski definition) is 3. The van der Waals surface area contributed by atoms with E-state index in [9.17, 15) is 0 Å². The zero-order valence-electron chi connectivity index (χ0n) is 4.42. The monoisotopic (exact) mass is 194 g/mol. The molecule has 13 N–H and O–H groups in total. The molecule has 0 heterocycles. The van der Waals surface area contributed by atoms with Crippen LogP contribution in [0.15, 0.2) is 0 Å². The van der Waals surface area contributed by atoms with Crippen molar-refractivity contribution in [3.63, 3.8) is 0 Å². The molecule has 68 valence electrons. The molecule has 0 bridgehead atoms. The van der Waals surface area contributed by atoms with E-state index in [1.54, 1.807) is 0 Å². The van der Waals surface area contributed by atoms with Crippen molar-refractivity contribution >= 4 is 45.1 Å². The van der Waals surface area contributed by atoms with Crippen LogP contribution in [0.25, 0.3) is 0 Å². The van der Waals surface area contributed by atoms with Gasteiger partial charge in [0.1, 0.15) is 0 Å². The molecule has 0 aromatic carbocycles. The first-order valence-corrected chi connectivity index (χ1v) is 0.775. The van der Waals surface area contributed by atoms with Gasteiger partial charge in [-0.05, 0) is 0 Å². The summed E-state index contributed by atoms with van der Waals surface area (Å²) in [5.74, 6) is 0. The maximum absolute atomic E-state index is 7.17. The SMILES string of the molecule is O.O.O.O.O.OB(O)O.[CaH2]. The van der Waals surface area contributed by atoms with E-state index < -0.39 is 7.32 Å². The molecule has 0 spiro atoms. The van der Waals surface area contributed by atoms with E-state index in [-0.39, 0.29) is 65.1 Å². The summed E-state index contributed by atoms with van der Waals surface area (Å²) in [6.45, 7) is 0. The van der Waals surface area contributed by atoms with Crippen molar-refractivity contribution in [2.24, 2.45) is 0 Å². The van der Waals surface area contributed by atoms with Crippen LogP contribution in [0, 0.1) is 0 Å². The van der Waals surface area contributed by atoms with Gasteiger partial charge < -0.3 is 42.5 Å². The molecule has 0 atom stereocenters. The van der Waals surface area contributed by atoms with Gasteiger partial charge in [-0.1, -0.05) is 0 Å². The summed E-state index contributed by atoms with van der Waals surface area (Å²) in [6, 6.07) is 0. The van der Waals surface area contributed by atoms with Gasteiger partial charge in [0.05, 0.1) is 0 Å². The minimum absolute atomic E-state index is 0. The van der Waals surface area contributed by atoms with Gasteiger partial charge in [0, 0.05) is 0 Å².